The van der Waals surface area contributed by atoms with Crippen molar-refractivity contribution in [3.05, 3.63) is 35.5 Å². The zero-order chi connectivity index (χ0) is 26.8. The van der Waals surface area contributed by atoms with E-state index in [1.165, 1.54) is 31.3 Å². The van der Waals surface area contributed by atoms with Gasteiger partial charge in [0.25, 0.3) is 0 Å². The molecule has 4 nitrogen and oxygen atoms in total. The summed E-state index contributed by atoms with van der Waals surface area (Å²) in [6.07, 6.45) is 20.4. The number of hydrogen-bond donors (Lipinski definition) is 3. The Bertz CT molecular complexity index is 895. The van der Waals surface area contributed by atoms with E-state index in [2.05, 4.69) is 45.9 Å². The minimum absolute atomic E-state index is 0.0513. The van der Waals surface area contributed by atoms with Gasteiger partial charge >= 0.3 is 0 Å². The minimum atomic E-state index is -0.666. The molecule has 0 aromatic heterocycles. The van der Waals surface area contributed by atoms with Crippen LogP contribution in [-0.4, -0.2) is 39.4 Å². The molecule has 3 N–H and O–H groups in total. The number of unbranched alkanes of at least 4 members (excludes halogenated alkanes) is 2. The van der Waals surface area contributed by atoms with Crippen LogP contribution in [0.5, 0.6) is 0 Å². The first kappa shape index (κ1) is 28.8. The third-order valence-corrected chi connectivity index (χ3v) is 10.6. The monoisotopic (exact) mass is 512 g/mol. The summed E-state index contributed by atoms with van der Waals surface area (Å²) >= 11 is 0. The summed E-state index contributed by atoms with van der Waals surface area (Å²) in [7, 11) is 0. The fraction of sp³-hybridized carbons (Fsp3) is 0.788. The quantitative estimate of drug-likeness (QED) is 0.221. The van der Waals surface area contributed by atoms with E-state index in [0.29, 0.717) is 37.5 Å². The molecular formula is C33H52O4. The van der Waals surface area contributed by atoms with Crippen molar-refractivity contribution in [2.24, 2.45) is 28.1 Å². The van der Waals surface area contributed by atoms with Crippen molar-refractivity contribution in [3.8, 4) is 0 Å². The van der Waals surface area contributed by atoms with Crippen molar-refractivity contribution >= 4 is 5.78 Å². The maximum Gasteiger partial charge on any atom is 0.141 e. The molecule has 4 heteroatoms. The first-order valence-electron chi connectivity index (χ1n) is 15.2. The summed E-state index contributed by atoms with van der Waals surface area (Å²) in [5.41, 5.74) is 2.35. The molecule has 37 heavy (non-hydrogen) atoms. The van der Waals surface area contributed by atoms with Gasteiger partial charge in [0.15, 0.2) is 0 Å². The van der Waals surface area contributed by atoms with Crippen LogP contribution in [0.1, 0.15) is 118 Å². The molecule has 0 bridgehead atoms. The molecule has 208 valence electrons. The van der Waals surface area contributed by atoms with Gasteiger partial charge in [-0.3, -0.25) is 4.79 Å². The predicted octanol–water partition coefficient (Wildman–Crippen LogP) is 6.83. The van der Waals surface area contributed by atoms with E-state index in [-0.39, 0.29) is 16.6 Å². The maximum absolute atomic E-state index is 12.9. The molecule has 4 aliphatic carbocycles. The highest BCUT2D eigenvalue weighted by Crippen LogP contribution is 2.62. The molecule has 6 atom stereocenters. The molecule has 0 saturated heterocycles. The number of ketones is 1. The second-order valence-corrected chi connectivity index (χ2v) is 13.7. The van der Waals surface area contributed by atoms with Crippen LogP contribution in [0, 0.1) is 28.1 Å². The van der Waals surface area contributed by atoms with Gasteiger partial charge in [0.1, 0.15) is 5.78 Å². The number of allylic oxidation sites excluding steroid dienone is 4. The van der Waals surface area contributed by atoms with Crippen molar-refractivity contribution < 1.29 is 20.1 Å². The summed E-state index contributed by atoms with van der Waals surface area (Å²) < 4.78 is 0. The van der Waals surface area contributed by atoms with Gasteiger partial charge in [0.2, 0.25) is 0 Å². The number of rotatable bonds is 10. The second kappa shape index (κ2) is 11.5. The van der Waals surface area contributed by atoms with Gasteiger partial charge in [-0.1, -0.05) is 76.0 Å². The molecule has 0 amide bonds. The molecular weight excluding hydrogens is 460 g/mol. The van der Waals surface area contributed by atoms with E-state index in [9.17, 15) is 20.1 Å². The number of aliphatic hydroxyl groups excluding tert-OH is 3. The van der Waals surface area contributed by atoms with Crippen LogP contribution in [-0.2, 0) is 4.79 Å². The molecule has 0 spiro atoms. The van der Waals surface area contributed by atoms with Crippen LogP contribution in [0.3, 0.4) is 0 Å². The molecule has 0 aromatic rings. The van der Waals surface area contributed by atoms with Gasteiger partial charge in [-0.15, -0.1) is 0 Å². The topological polar surface area (TPSA) is 77.8 Å². The van der Waals surface area contributed by atoms with Gasteiger partial charge in [0, 0.05) is 6.42 Å². The Hall–Kier alpha value is -1.23. The van der Waals surface area contributed by atoms with Crippen LogP contribution in [0.15, 0.2) is 35.5 Å². The fourth-order valence-electron chi connectivity index (χ4n) is 8.29. The lowest BCUT2D eigenvalue weighted by Gasteiger charge is -2.47. The van der Waals surface area contributed by atoms with E-state index < -0.39 is 23.7 Å². The Morgan fingerprint density at radius 3 is 2.43 bits per heavy atom. The third-order valence-electron chi connectivity index (χ3n) is 10.6. The van der Waals surface area contributed by atoms with E-state index in [1.807, 2.05) is 6.08 Å². The SMILES string of the molecule is CCCCCC(=O)C1([C@H](O)/C=C/C(C)(C)[C@H]2CC[C@H]3/C(=C/C=C4C[C@@H](O)C[C@H](O)C4)CCC[C@]23C)CC1. The normalized spacial score (nSPS) is 35.5. The second-order valence-electron chi connectivity index (χ2n) is 13.7. The van der Waals surface area contributed by atoms with Crippen molar-refractivity contribution in [2.75, 3.05) is 0 Å². The van der Waals surface area contributed by atoms with Gasteiger partial charge in [-0.25, -0.2) is 0 Å². The lowest BCUT2D eigenvalue weighted by molar-refractivity contribution is -0.127. The van der Waals surface area contributed by atoms with Gasteiger partial charge in [-0.05, 0) is 93.3 Å². The number of hydrogen-bond acceptors (Lipinski definition) is 4. The average Bonchev–Trinajstić information content (AvgIpc) is 3.56. The number of fused-ring (bicyclic) bond motifs is 1. The van der Waals surface area contributed by atoms with Gasteiger partial charge in [-0.2, -0.15) is 0 Å². The lowest BCUT2D eigenvalue weighted by atomic mass is 9.57. The van der Waals surface area contributed by atoms with Crippen molar-refractivity contribution in [1.82, 2.24) is 0 Å². The Kier molecular flexibility index (Phi) is 8.93. The smallest absolute Gasteiger partial charge is 0.141 e. The highest BCUT2D eigenvalue weighted by atomic mass is 16.3. The Balaban J connectivity index is 1.44. The molecule has 0 aromatic carbocycles. The van der Waals surface area contributed by atoms with Crippen LogP contribution in [0.4, 0.5) is 0 Å². The number of Topliss-reactive ketones (excluding diaryl/α,β-unsaturated/α-hetero) is 1. The van der Waals surface area contributed by atoms with Crippen LogP contribution < -0.4 is 0 Å². The Morgan fingerprint density at radius 2 is 1.78 bits per heavy atom. The van der Waals surface area contributed by atoms with Crippen molar-refractivity contribution in [3.63, 3.8) is 0 Å². The minimum Gasteiger partial charge on any atom is -0.393 e. The van der Waals surface area contributed by atoms with E-state index in [0.717, 1.165) is 44.1 Å². The number of aliphatic hydroxyl groups is 3. The lowest BCUT2D eigenvalue weighted by Crippen LogP contribution is -2.39. The Labute approximate surface area is 225 Å². The first-order valence-corrected chi connectivity index (χ1v) is 15.2. The zero-order valence-electron chi connectivity index (χ0n) is 23.8. The summed E-state index contributed by atoms with van der Waals surface area (Å²) in [6.45, 7) is 9.28. The summed E-state index contributed by atoms with van der Waals surface area (Å²) in [6, 6.07) is 0. The molecule has 4 aliphatic rings. The maximum atomic E-state index is 12.9. The number of carbonyl (C=O) groups is 1. The predicted molar refractivity (Wildman–Crippen MR) is 150 cm³/mol. The van der Waals surface area contributed by atoms with E-state index >= 15 is 0 Å². The van der Waals surface area contributed by atoms with Crippen LogP contribution >= 0.6 is 0 Å². The Morgan fingerprint density at radius 1 is 1.08 bits per heavy atom. The summed E-state index contributed by atoms with van der Waals surface area (Å²) in [5.74, 6) is 1.35. The molecule has 0 unspecified atom stereocenters. The standard InChI is InChI=1S/C33H52O4/c1-5-6-7-10-29(36)33(18-19-33)30(37)15-17-31(2,3)28-14-13-27-24(9-8-16-32(27,28)4)12-11-23-20-25(34)22-26(35)21-23/h11-12,15,17,25-28,30,34-35,37H,5-10,13-14,16,18-22H2,1-4H3/b17-15+,24-12+/t25-,26-,27+,28-,30-,32+/m1/s1. The van der Waals surface area contributed by atoms with E-state index in [1.54, 1.807) is 0 Å². The highest BCUT2D eigenvalue weighted by molar-refractivity contribution is 5.88. The molecule has 0 radical (unpaired) electrons. The largest absolute Gasteiger partial charge is 0.393 e. The van der Waals surface area contributed by atoms with Crippen LogP contribution in [0.2, 0.25) is 0 Å². The molecule has 4 fully saturated rings. The summed E-state index contributed by atoms with van der Waals surface area (Å²) in [5, 5.41) is 31.2. The molecule has 0 aliphatic heterocycles. The zero-order valence-corrected chi connectivity index (χ0v) is 23.8. The molecule has 4 rings (SSSR count). The van der Waals surface area contributed by atoms with E-state index in [4.69, 9.17) is 0 Å². The molecule has 0 heterocycles. The highest BCUT2D eigenvalue weighted by Gasteiger charge is 2.55. The number of carbonyl (C=O) groups excluding carboxylic acids is 1. The first-order chi connectivity index (χ1) is 17.5. The van der Waals surface area contributed by atoms with Crippen molar-refractivity contribution in [2.45, 2.75) is 136 Å². The third kappa shape index (κ3) is 6.17. The van der Waals surface area contributed by atoms with Crippen LogP contribution in [0.25, 0.3) is 0 Å². The fourth-order valence-corrected chi connectivity index (χ4v) is 8.29. The van der Waals surface area contributed by atoms with Gasteiger partial charge < -0.3 is 15.3 Å². The summed E-state index contributed by atoms with van der Waals surface area (Å²) in [4.78, 5) is 12.9. The van der Waals surface area contributed by atoms with Crippen molar-refractivity contribution in [1.29, 1.82) is 0 Å². The molecule has 4 saturated carbocycles. The van der Waals surface area contributed by atoms with Gasteiger partial charge in [0.05, 0.1) is 23.7 Å². The average molecular weight is 513 g/mol.